The molecule has 0 fully saturated rings. The number of hydrogen-bond donors (Lipinski definition) is 0. The van der Waals surface area contributed by atoms with E-state index in [4.69, 9.17) is 23.2 Å². The smallest absolute Gasteiger partial charge is 0.223 e. The summed E-state index contributed by atoms with van der Waals surface area (Å²) in [5, 5.41) is 1.46. The van der Waals surface area contributed by atoms with E-state index in [-0.39, 0.29) is 5.28 Å². The minimum Gasteiger partial charge on any atom is -0.225 e. The molecule has 1 aromatic heterocycles. The molecule has 0 unspecified atom stereocenters. The molecule has 0 bridgehead atoms. The van der Waals surface area contributed by atoms with E-state index in [0.717, 1.165) is 4.90 Å². The van der Waals surface area contributed by atoms with Crippen molar-refractivity contribution in [3.63, 3.8) is 0 Å². The van der Waals surface area contributed by atoms with Gasteiger partial charge in [0.25, 0.3) is 0 Å². The van der Waals surface area contributed by atoms with Gasteiger partial charge in [0.05, 0.1) is 11.2 Å². The van der Waals surface area contributed by atoms with Crippen LogP contribution >= 0.6 is 35.0 Å². The fourth-order valence-corrected chi connectivity index (χ4v) is 3.36. The summed E-state index contributed by atoms with van der Waals surface area (Å²) >= 11 is 13.4. The topological polar surface area (TPSA) is 25.8 Å². The number of aromatic nitrogens is 2. The predicted octanol–water partition coefficient (Wildman–Crippen LogP) is 4.42. The van der Waals surface area contributed by atoms with Crippen LogP contribution in [0.15, 0.2) is 34.3 Å². The second kappa shape index (κ2) is 5.08. The van der Waals surface area contributed by atoms with Gasteiger partial charge in [-0.3, -0.25) is 0 Å². The molecule has 2 aromatic rings. The van der Waals surface area contributed by atoms with Gasteiger partial charge >= 0.3 is 0 Å². The van der Waals surface area contributed by atoms with E-state index in [0.29, 0.717) is 10.0 Å². The molecule has 5 heteroatoms. The molecule has 3 rings (SSSR count). The van der Waals surface area contributed by atoms with E-state index < -0.39 is 0 Å². The Hall–Kier alpha value is -0.770. The Morgan fingerprint density at radius 1 is 1.11 bits per heavy atom. The number of rotatable bonds is 2. The van der Waals surface area contributed by atoms with Crippen molar-refractivity contribution < 1.29 is 0 Å². The molecule has 0 radical (unpaired) electrons. The third-order valence-electron chi connectivity index (χ3n) is 2.97. The van der Waals surface area contributed by atoms with Crippen molar-refractivity contribution in [1.82, 2.24) is 9.97 Å². The van der Waals surface area contributed by atoms with E-state index in [2.05, 4.69) is 28.2 Å². The molecular weight excluding hydrogens is 287 g/mol. The van der Waals surface area contributed by atoms with Gasteiger partial charge in [-0.25, -0.2) is 9.97 Å². The lowest BCUT2D eigenvalue weighted by atomic mass is 10.1. The first kappa shape index (κ1) is 12.3. The van der Waals surface area contributed by atoms with E-state index in [1.807, 2.05) is 0 Å². The Bertz CT molecular complexity index is 602. The summed E-state index contributed by atoms with van der Waals surface area (Å²) in [6, 6.07) is 6.53. The summed E-state index contributed by atoms with van der Waals surface area (Å²) in [7, 11) is 0. The Morgan fingerprint density at radius 3 is 2.83 bits per heavy atom. The van der Waals surface area contributed by atoms with Crippen molar-refractivity contribution in [1.29, 1.82) is 0 Å². The maximum Gasteiger partial charge on any atom is 0.223 e. The summed E-state index contributed by atoms with van der Waals surface area (Å²) in [6.45, 7) is 0. The SMILES string of the molecule is Clc1ncc(Cl)c(Sc2ccc3c(c2)CCC3)n1. The summed E-state index contributed by atoms with van der Waals surface area (Å²) in [6.07, 6.45) is 5.15. The lowest BCUT2D eigenvalue weighted by Gasteiger charge is -2.05. The highest BCUT2D eigenvalue weighted by Gasteiger charge is 2.12. The van der Waals surface area contributed by atoms with Gasteiger partial charge < -0.3 is 0 Å². The molecule has 1 aromatic carbocycles. The number of halogens is 2. The van der Waals surface area contributed by atoms with Crippen molar-refractivity contribution in [3.05, 3.63) is 45.8 Å². The molecular formula is C13H10Cl2N2S. The molecule has 0 N–H and O–H groups in total. The summed E-state index contributed by atoms with van der Waals surface area (Å²) in [5.74, 6) is 0. The van der Waals surface area contributed by atoms with Crippen LogP contribution in [0.1, 0.15) is 17.5 Å². The normalized spacial score (nSPS) is 13.7. The zero-order valence-corrected chi connectivity index (χ0v) is 11.8. The maximum atomic E-state index is 6.06. The third kappa shape index (κ3) is 2.48. The van der Waals surface area contributed by atoms with Crippen LogP contribution < -0.4 is 0 Å². The van der Waals surface area contributed by atoms with Crippen molar-refractivity contribution in [2.45, 2.75) is 29.2 Å². The lowest BCUT2D eigenvalue weighted by molar-refractivity contribution is 0.911. The summed E-state index contributed by atoms with van der Waals surface area (Å²) in [4.78, 5) is 9.14. The van der Waals surface area contributed by atoms with Gasteiger partial charge in [-0.1, -0.05) is 29.4 Å². The predicted molar refractivity (Wildman–Crippen MR) is 74.6 cm³/mol. The first-order chi connectivity index (χ1) is 8.72. The van der Waals surface area contributed by atoms with Crippen molar-refractivity contribution in [2.75, 3.05) is 0 Å². The first-order valence-corrected chi connectivity index (χ1v) is 7.27. The molecule has 92 valence electrons. The average Bonchev–Trinajstić information content (AvgIpc) is 2.81. The largest absolute Gasteiger partial charge is 0.225 e. The van der Waals surface area contributed by atoms with Crippen LogP contribution in [-0.2, 0) is 12.8 Å². The molecule has 0 spiro atoms. The van der Waals surface area contributed by atoms with Gasteiger partial charge in [0, 0.05) is 4.90 Å². The molecule has 0 atom stereocenters. The van der Waals surface area contributed by atoms with Gasteiger partial charge in [-0.2, -0.15) is 0 Å². The van der Waals surface area contributed by atoms with Crippen molar-refractivity contribution >= 4 is 35.0 Å². The quantitative estimate of drug-likeness (QED) is 0.606. The number of fused-ring (bicyclic) bond motifs is 1. The maximum absolute atomic E-state index is 6.06. The van der Waals surface area contributed by atoms with Crippen LogP contribution in [0.4, 0.5) is 0 Å². The lowest BCUT2D eigenvalue weighted by Crippen LogP contribution is -1.87. The highest BCUT2D eigenvalue weighted by molar-refractivity contribution is 7.99. The van der Waals surface area contributed by atoms with Gasteiger partial charge in [0.15, 0.2) is 0 Å². The van der Waals surface area contributed by atoms with Crippen LogP contribution in [0.2, 0.25) is 10.3 Å². The van der Waals surface area contributed by atoms with Crippen LogP contribution in [0.5, 0.6) is 0 Å². The van der Waals surface area contributed by atoms with Crippen LogP contribution in [-0.4, -0.2) is 9.97 Å². The van der Waals surface area contributed by atoms with Crippen LogP contribution in [0, 0.1) is 0 Å². The number of aryl methyl sites for hydroxylation is 2. The Balaban J connectivity index is 1.90. The van der Waals surface area contributed by atoms with Crippen molar-refractivity contribution in [2.24, 2.45) is 0 Å². The molecule has 2 nitrogen and oxygen atoms in total. The van der Waals surface area contributed by atoms with E-state index in [9.17, 15) is 0 Å². The molecule has 1 aliphatic rings. The molecule has 0 saturated carbocycles. The third-order valence-corrected chi connectivity index (χ3v) is 4.53. The van der Waals surface area contributed by atoms with E-state index >= 15 is 0 Å². The van der Waals surface area contributed by atoms with E-state index in [1.54, 1.807) is 0 Å². The summed E-state index contributed by atoms with van der Waals surface area (Å²) < 4.78 is 0. The monoisotopic (exact) mass is 296 g/mol. The standard InChI is InChI=1S/C13H10Cl2N2S/c14-11-7-16-13(15)17-12(11)18-10-5-4-8-2-1-3-9(8)6-10/h4-7H,1-3H2. The first-order valence-electron chi connectivity index (χ1n) is 5.70. The Morgan fingerprint density at radius 2 is 1.94 bits per heavy atom. The summed E-state index contributed by atoms with van der Waals surface area (Å²) in [5.41, 5.74) is 2.91. The Kier molecular flexibility index (Phi) is 3.46. The molecule has 1 aliphatic carbocycles. The van der Waals surface area contributed by atoms with Gasteiger partial charge in [0.2, 0.25) is 5.28 Å². The van der Waals surface area contributed by atoms with E-state index in [1.165, 1.54) is 48.3 Å². The zero-order chi connectivity index (χ0) is 12.5. The minimum absolute atomic E-state index is 0.225. The average molecular weight is 297 g/mol. The molecule has 0 aliphatic heterocycles. The van der Waals surface area contributed by atoms with Crippen LogP contribution in [0.3, 0.4) is 0 Å². The second-order valence-electron chi connectivity index (χ2n) is 4.18. The second-order valence-corrected chi connectivity index (χ2v) is 5.99. The van der Waals surface area contributed by atoms with Gasteiger partial charge in [-0.15, -0.1) is 0 Å². The highest BCUT2D eigenvalue weighted by atomic mass is 35.5. The molecule has 1 heterocycles. The number of benzene rings is 1. The molecule has 18 heavy (non-hydrogen) atoms. The number of nitrogens with zero attached hydrogens (tertiary/aromatic N) is 2. The van der Waals surface area contributed by atoms with Gasteiger partial charge in [0.1, 0.15) is 5.03 Å². The van der Waals surface area contributed by atoms with Gasteiger partial charge in [-0.05, 0) is 54.1 Å². The fraction of sp³-hybridized carbons (Fsp3) is 0.231. The minimum atomic E-state index is 0.225. The Labute approximate surface area is 120 Å². The fourth-order valence-electron chi connectivity index (χ4n) is 2.13. The molecule has 0 saturated heterocycles. The van der Waals surface area contributed by atoms with Crippen LogP contribution in [0.25, 0.3) is 0 Å². The highest BCUT2D eigenvalue weighted by Crippen LogP contribution is 2.34. The van der Waals surface area contributed by atoms with Crippen molar-refractivity contribution in [3.8, 4) is 0 Å². The number of hydrogen-bond acceptors (Lipinski definition) is 3. The molecule has 0 amide bonds. The zero-order valence-electron chi connectivity index (χ0n) is 9.49.